The van der Waals surface area contributed by atoms with Crippen LogP contribution < -0.4 is 10.1 Å². The number of carboxylic acids is 1. The van der Waals surface area contributed by atoms with Crippen molar-refractivity contribution < 1.29 is 27.8 Å². The van der Waals surface area contributed by atoms with Crippen LogP contribution in [0.5, 0.6) is 11.5 Å². The van der Waals surface area contributed by atoms with Crippen molar-refractivity contribution in [2.45, 2.75) is 19.5 Å². The molecule has 34 heavy (non-hydrogen) atoms. The number of pyridine rings is 1. The van der Waals surface area contributed by atoms with Crippen LogP contribution in [0.25, 0.3) is 16.9 Å². The topological polar surface area (TPSA) is 75.9 Å². The number of hydrogen-bond acceptors (Lipinski definition) is 4. The molecular weight excluding hydrogens is 471 g/mol. The van der Waals surface area contributed by atoms with Gasteiger partial charge in [0.1, 0.15) is 11.5 Å². The Morgan fingerprint density at radius 3 is 2.65 bits per heavy atom. The Hall–Kier alpha value is -3.72. The number of aromatic nitrogens is 2. The summed E-state index contributed by atoms with van der Waals surface area (Å²) in [6.07, 6.45) is -2.08. The van der Waals surface area contributed by atoms with Gasteiger partial charge in [-0.25, -0.2) is 9.78 Å². The summed E-state index contributed by atoms with van der Waals surface area (Å²) >= 11 is 6.03. The van der Waals surface area contributed by atoms with E-state index in [1.54, 1.807) is 66.2 Å². The summed E-state index contributed by atoms with van der Waals surface area (Å²) in [5.74, 6) is -0.227. The molecule has 0 unspecified atom stereocenters. The average molecular weight is 490 g/mol. The third kappa shape index (κ3) is 5.26. The number of nitrogens with one attached hydrogen (secondary N) is 1. The zero-order valence-electron chi connectivity index (χ0n) is 17.9. The Kier molecular flexibility index (Phi) is 6.39. The van der Waals surface area contributed by atoms with Gasteiger partial charge >= 0.3 is 12.1 Å². The van der Waals surface area contributed by atoms with Gasteiger partial charge in [-0.05, 0) is 42.8 Å². The summed E-state index contributed by atoms with van der Waals surface area (Å²) in [5, 5.41) is 12.6. The van der Waals surface area contributed by atoms with Gasteiger partial charge in [0.2, 0.25) is 0 Å². The minimum Gasteiger partial charge on any atom is -0.478 e. The Labute approximate surface area is 197 Å². The molecule has 0 amide bonds. The van der Waals surface area contributed by atoms with Gasteiger partial charge in [0.05, 0.1) is 35.8 Å². The second-order valence-electron chi connectivity index (χ2n) is 7.61. The molecule has 0 aliphatic heterocycles. The average Bonchev–Trinajstić information content (AvgIpc) is 3.16. The van der Waals surface area contributed by atoms with E-state index in [9.17, 15) is 23.1 Å². The second kappa shape index (κ2) is 9.26. The molecule has 0 spiro atoms. The predicted molar refractivity (Wildman–Crippen MR) is 123 cm³/mol. The van der Waals surface area contributed by atoms with Crippen LogP contribution in [-0.2, 0) is 0 Å². The van der Waals surface area contributed by atoms with Crippen LogP contribution in [0.15, 0.2) is 60.9 Å². The van der Waals surface area contributed by atoms with Crippen molar-refractivity contribution in [1.29, 1.82) is 0 Å². The van der Waals surface area contributed by atoms with Gasteiger partial charge in [-0.2, -0.15) is 13.2 Å². The fourth-order valence-electron chi connectivity index (χ4n) is 3.53. The van der Waals surface area contributed by atoms with E-state index in [1.807, 2.05) is 0 Å². The lowest BCUT2D eigenvalue weighted by molar-refractivity contribution is -0.131. The summed E-state index contributed by atoms with van der Waals surface area (Å²) in [5.41, 5.74) is 2.80. The number of ether oxygens (including phenoxy) is 1. The smallest absolute Gasteiger partial charge is 0.390 e. The maximum absolute atomic E-state index is 12.7. The molecule has 0 saturated heterocycles. The maximum atomic E-state index is 12.7. The third-order valence-corrected chi connectivity index (χ3v) is 5.32. The Balaban J connectivity index is 1.78. The first kappa shape index (κ1) is 23.4. The standard InChI is InChI=1S/C24H19ClF3N3O3/c1-14-9-15(5-6-19(14)23(32)33)21-12-30-22-20(29-8-7-24(26,27)28)11-18(13-31(21)22)34-17-4-2-3-16(25)10-17/h2-6,9-13,29H,7-8H2,1H3,(H,32,33). The lowest BCUT2D eigenvalue weighted by Crippen LogP contribution is -2.15. The lowest BCUT2D eigenvalue weighted by atomic mass is 10.0. The Morgan fingerprint density at radius 1 is 1.18 bits per heavy atom. The molecule has 0 saturated carbocycles. The van der Waals surface area contributed by atoms with Crippen LogP contribution >= 0.6 is 11.6 Å². The highest BCUT2D eigenvalue weighted by Crippen LogP contribution is 2.32. The zero-order chi connectivity index (χ0) is 24.5. The first-order chi connectivity index (χ1) is 16.1. The van der Waals surface area contributed by atoms with Crippen molar-refractivity contribution in [2.24, 2.45) is 0 Å². The first-order valence-electron chi connectivity index (χ1n) is 10.2. The number of aryl methyl sites for hydroxylation is 1. The molecular formula is C24H19ClF3N3O3. The predicted octanol–water partition coefficient (Wildman–Crippen LogP) is 6.82. The highest BCUT2D eigenvalue weighted by molar-refractivity contribution is 6.30. The fraction of sp³-hybridized carbons (Fsp3) is 0.167. The Bertz CT molecular complexity index is 1370. The number of carbonyl (C=O) groups is 1. The molecule has 0 aliphatic carbocycles. The van der Waals surface area contributed by atoms with Gasteiger partial charge in [0.15, 0.2) is 5.65 Å². The Morgan fingerprint density at radius 2 is 1.97 bits per heavy atom. The molecule has 2 N–H and O–H groups in total. The van der Waals surface area contributed by atoms with Crippen LogP contribution in [0, 0.1) is 6.92 Å². The number of imidazole rings is 1. The largest absolute Gasteiger partial charge is 0.478 e. The normalized spacial score (nSPS) is 11.6. The molecule has 0 fully saturated rings. The number of aromatic carboxylic acids is 1. The summed E-state index contributed by atoms with van der Waals surface area (Å²) in [4.78, 5) is 15.7. The quantitative estimate of drug-likeness (QED) is 0.298. The van der Waals surface area contributed by atoms with Gasteiger partial charge in [0, 0.05) is 23.2 Å². The van der Waals surface area contributed by atoms with Crippen molar-refractivity contribution >= 4 is 28.9 Å². The van der Waals surface area contributed by atoms with E-state index in [0.29, 0.717) is 44.7 Å². The minimum absolute atomic E-state index is 0.178. The van der Waals surface area contributed by atoms with E-state index in [0.717, 1.165) is 0 Å². The van der Waals surface area contributed by atoms with Crippen molar-refractivity contribution in [3.8, 4) is 22.8 Å². The highest BCUT2D eigenvalue weighted by atomic mass is 35.5. The molecule has 176 valence electrons. The van der Waals surface area contributed by atoms with Crippen LogP contribution in [0.1, 0.15) is 22.3 Å². The van der Waals surface area contributed by atoms with E-state index < -0.39 is 18.6 Å². The van der Waals surface area contributed by atoms with E-state index in [-0.39, 0.29) is 12.1 Å². The monoisotopic (exact) mass is 489 g/mol. The molecule has 0 aliphatic rings. The summed E-state index contributed by atoms with van der Waals surface area (Å²) in [6.45, 7) is 1.35. The highest BCUT2D eigenvalue weighted by Gasteiger charge is 2.26. The van der Waals surface area contributed by atoms with Gasteiger partial charge in [-0.15, -0.1) is 0 Å². The van der Waals surface area contributed by atoms with Crippen LogP contribution in [0.2, 0.25) is 5.02 Å². The number of alkyl halides is 3. The molecule has 2 aromatic carbocycles. The summed E-state index contributed by atoms with van der Waals surface area (Å²) in [6, 6.07) is 13.2. The molecule has 2 aromatic heterocycles. The van der Waals surface area contributed by atoms with Crippen LogP contribution in [0.3, 0.4) is 0 Å². The number of nitrogens with zero attached hydrogens (tertiary/aromatic N) is 2. The van der Waals surface area contributed by atoms with Gasteiger partial charge in [-0.1, -0.05) is 23.7 Å². The number of carboxylic acid groups (broad SMARTS) is 1. The number of hydrogen-bond donors (Lipinski definition) is 2. The molecule has 6 nitrogen and oxygen atoms in total. The number of halogens is 4. The first-order valence-corrected chi connectivity index (χ1v) is 10.6. The summed E-state index contributed by atoms with van der Waals surface area (Å²) < 4.78 is 45.7. The van der Waals surface area contributed by atoms with Crippen LogP contribution in [0.4, 0.5) is 18.9 Å². The molecule has 4 rings (SSSR count). The van der Waals surface area contributed by atoms with E-state index >= 15 is 0 Å². The molecule has 0 atom stereocenters. The lowest BCUT2D eigenvalue weighted by Gasteiger charge is -2.14. The SMILES string of the molecule is Cc1cc(-c2cnc3c(NCCC(F)(F)F)cc(Oc4cccc(Cl)c4)cn23)ccc1C(=O)O. The van der Waals surface area contributed by atoms with E-state index in [1.165, 1.54) is 6.07 Å². The maximum Gasteiger partial charge on any atom is 0.390 e. The summed E-state index contributed by atoms with van der Waals surface area (Å²) in [7, 11) is 0. The number of rotatable bonds is 7. The van der Waals surface area contributed by atoms with Crippen LogP contribution in [-0.4, -0.2) is 33.2 Å². The van der Waals surface area contributed by atoms with Crippen molar-refractivity contribution in [3.05, 3.63) is 77.1 Å². The third-order valence-electron chi connectivity index (χ3n) is 5.09. The number of anilines is 1. The number of fused-ring (bicyclic) bond motifs is 1. The van der Waals surface area contributed by atoms with Crippen molar-refractivity contribution in [3.63, 3.8) is 0 Å². The van der Waals surface area contributed by atoms with Crippen molar-refractivity contribution in [1.82, 2.24) is 9.38 Å². The second-order valence-corrected chi connectivity index (χ2v) is 8.05. The van der Waals surface area contributed by atoms with Gasteiger partial charge in [-0.3, -0.25) is 4.40 Å². The molecule has 0 bridgehead atoms. The minimum atomic E-state index is -4.30. The van der Waals surface area contributed by atoms with E-state index in [2.05, 4.69) is 10.3 Å². The fourth-order valence-corrected chi connectivity index (χ4v) is 3.71. The zero-order valence-corrected chi connectivity index (χ0v) is 18.6. The molecule has 0 radical (unpaired) electrons. The van der Waals surface area contributed by atoms with Crippen molar-refractivity contribution in [2.75, 3.05) is 11.9 Å². The molecule has 10 heteroatoms. The molecule has 2 heterocycles. The van der Waals surface area contributed by atoms with Gasteiger partial charge in [0.25, 0.3) is 0 Å². The van der Waals surface area contributed by atoms with Gasteiger partial charge < -0.3 is 15.2 Å². The number of benzene rings is 2. The van der Waals surface area contributed by atoms with E-state index in [4.69, 9.17) is 16.3 Å². The molecule has 4 aromatic rings.